The van der Waals surface area contributed by atoms with E-state index in [-0.39, 0.29) is 11.3 Å². The minimum atomic E-state index is -4.06. The molecule has 136 valence electrons. The molecule has 0 aliphatic heterocycles. The van der Waals surface area contributed by atoms with Crippen LogP contribution in [-0.2, 0) is 21.2 Å². The number of rotatable bonds is 6. The van der Waals surface area contributed by atoms with E-state index in [1.807, 2.05) is 6.07 Å². The third-order valence-corrected chi connectivity index (χ3v) is 5.48. The van der Waals surface area contributed by atoms with Crippen molar-refractivity contribution in [1.29, 1.82) is 5.26 Å². The van der Waals surface area contributed by atoms with E-state index in [1.165, 1.54) is 24.4 Å². The molecule has 0 amide bonds. The van der Waals surface area contributed by atoms with E-state index >= 15 is 0 Å². The molecule has 0 spiro atoms. The van der Waals surface area contributed by atoms with E-state index in [0.717, 1.165) is 5.39 Å². The zero-order valence-electron chi connectivity index (χ0n) is 14.0. The third-order valence-electron chi connectivity index (χ3n) is 4.01. The highest BCUT2D eigenvalue weighted by Crippen LogP contribution is 2.19. The van der Waals surface area contributed by atoms with Crippen molar-refractivity contribution >= 4 is 26.8 Å². The summed E-state index contributed by atoms with van der Waals surface area (Å²) in [5.41, 5.74) is 0.924. The highest BCUT2D eigenvalue weighted by molar-refractivity contribution is 7.89. The van der Waals surface area contributed by atoms with Crippen molar-refractivity contribution in [2.45, 2.75) is 17.4 Å². The summed E-state index contributed by atoms with van der Waals surface area (Å²) in [5.74, 6) is -1.30. The Morgan fingerprint density at radius 3 is 2.74 bits per heavy atom. The van der Waals surface area contributed by atoms with Crippen LogP contribution in [0.5, 0.6) is 0 Å². The van der Waals surface area contributed by atoms with Crippen LogP contribution >= 0.6 is 0 Å². The summed E-state index contributed by atoms with van der Waals surface area (Å²) >= 11 is 0. The zero-order valence-corrected chi connectivity index (χ0v) is 14.8. The molecule has 2 aromatic carbocycles. The molecule has 0 aliphatic carbocycles. The minimum Gasteiger partial charge on any atom is -0.480 e. The van der Waals surface area contributed by atoms with Gasteiger partial charge in [-0.25, -0.2) is 8.42 Å². The van der Waals surface area contributed by atoms with Gasteiger partial charge < -0.3 is 5.11 Å². The number of nitriles is 1. The van der Waals surface area contributed by atoms with Gasteiger partial charge >= 0.3 is 5.97 Å². The molecule has 0 saturated heterocycles. The second-order valence-corrected chi connectivity index (χ2v) is 7.63. The van der Waals surface area contributed by atoms with Crippen molar-refractivity contribution in [3.63, 3.8) is 0 Å². The first-order chi connectivity index (χ1) is 12.9. The van der Waals surface area contributed by atoms with E-state index < -0.39 is 22.0 Å². The number of fused-ring (bicyclic) bond motifs is 1. The zero-order chi connectivity index (χ0) is 19.4. The van der Waals surface area contributed by atoms with Crippen LogP contribution in [0.1, 0.15) is 11.1 Å². The Morgan fingerprint density at radius 2 is 2.00 bits per heavy atom. The van der Waals surface area contributed by atoms with Gasteiger partial charge in [-0.05, 0) is 47.7 Å². The summed E-state index contributed by atoms with van der Waals surface area (Å²) in [6.07, 6.45) is 3.06. The SMILES string of the molecule is N#Cc1cccc(C[C@H](NS(=O)(=O)c2ccc3ccncc3c2)C(=O)O)c1. The molecule has 7 nitrogen and oxygen atoms in total. The van der Waals surface area contributed by atoms with Gasteiger partial charge in [0.2, 0.25) is 10.0 Å². The number of sulfonamides is 1. The van der Waals surface area contributed by atoms with Crippen LogP contribution in [0.25, 0.3) is 10.8 Å². The number of pyridine rings is 1. The lowest BCUT2D eigenvalue weighted by Gasteiger charge is -2.15. The molecule has 8 heteroatoms. The predicted octanol–water partition coefficient (Wildman–Crippen LogP) is 2.08. The molecule has 0 saturated carbocycles. The molecule has 0 bridgehead atoms. The van der Waals surface area contributed by atoms with Crippen LogP contribution in [-0.4, -0.2) is 30.5 Å². The number of nitrogens with one attached hydrogen (secondary N) is 1. The van der Waals surface area contributed by atoms with Gasteiger partial charge in [-0.3, -0.25) is 9.78 Å². The molecule has 3 aromatic rings. The maximum atomic E-state index is 12.7. The Bertz CT molecular complexity index is 1150. The first-order valence-corrected chi connectivity index (χ1v) is 9.45. The van der Waals surface area contributed by atoms with E-state index in [4.69, 9.17) is 5.26 Å². The molecule has 0 unspecified atom stereocenters. The van der Waals surface area contributed by atoms with Crippen molar-refractivity contribution < 1.29 is 18.3 Å². The second-order valence-electron chi connectivity index (χ2n) is 5.91. The molecule has 1 heterocycles. The quantitative estimate of drug-likeness (QED) is 0.674. The number of hydrogen-bond donors (Lipinski definition) is 2. The molecule has 0 fully saturated rings. The first kappa shape index (κ1) is 18.5. The van der Waals surface area contributed by atoms with Crippen LogP contribution in [0.15, 0.2) is 65.8 Å². The van der Waals surface area contributed by atoms with Crippen molar-refractivity contribution in [3.05, 3.63) is 72.1 Å². The lowest BCUT2D eigenvalue weighted by molar-refractivity contribution is -0.138. The minimum absolute atomic E-state index is 0.0416. The summed E-state index contributed by atoms with van der Waals surface area (Å²) in [6, 6.07) is 13.2. The molecule has 1 atom stereocenters. The summed E-state index contributed by atoms with van der Waals surface area (Å²) in [5, 5.41) is 19.8. The van der Waals surface area contributed by atoms with Crippen LogP contribution in [0.4, 0.5) is 0 Å². The fraction of sp³-hybridized carbons (Fsp3) is 0.105. The lowest BCUT2D eigenvalue weighted by Crippen LogP contribution is -2.42. The topological polar surface area (TPSA) is 120 Å². The van der Waals surface area contributed by atoms with Gasteiger partial charge in [0.25, 0.3) is 0 Å². The van der Waals surface area contributed by atoms with Gasteiger partial charge in [0.05, 0.1) is 16.5 Å². The fourth-order valence-electron chi connectivity index (χ4n) is 2.67. The van der Waals surface area contributed by atoms with Gasteiger partial charge in [-0.2, -0.15) is 9.98 Å². The van der Waals surface area contributed by atoms with E-state index in [0.29, 0.717) is 16.5 Å². The van der Waals surface area contributed by atoms with Gasteiger partial charge in [0.15, 0.2) is 0 Å². The summed E-state index contributed by atoms with van der Waals surface area (Å²) in [6.45, 7) is 0. The van der Waals surface area contributed by atoms with Gasteiger partial charge in [0.1, 0.15) is 6.04 Å². The summed E-state index contributed by atoms with van der Waals surface area (Å²) in [4.78, 5) is 15.5. The van der Waals surface area contributed by atoms with Crippen LogP contribution in [0.3, 0.4) is 0 Å². The molecule has 3 rings (SSSR count). The number of carboxylic acid groups (broad SMARTS) is 1. The number of aliphatic carboxylic acids is 1. The molecule has 1 aromatic heterocycles. The van der Waals surface area contributed by atoms with Crippen LogP contribution < -0.4 is 4.72 Å². The van der Waals surface area contributed by atoms with E-state index in [1.54, 1.807) is 36.5 Å². The lowest BCUT2D eigenvalue weighted by atomic mass is 10.0. The Hall–Kier alpha value is -3.28. The number of hydrogen-bond acceptors (Lipinski definition) is 5. The largest absolute Gasteiger partial charge is 0.480 e. The Balaban J connectivity index is 1.87. The average molecular weight is 381 g/mol. The first-order valence-electron chi connectivity index (χ1n) is 7.97. The molecular weight excluding hydrogens is 366 g/mol. The number of benzene rings is 2. The standard InChI is InChI=1S/C19H15N3O4S/c20-11-14-3-1-2-13(8-14)9-18(19(23)24)22-27(25,26)17-5-4-15-6-7-21-12-16(15)10-17/h1-8,10,12,18,22H,9H2,(H,23,24)/t18-/m0/s1. The Labute approximate surface area is 156 Å². The normalized spacial score (nSPS) is 12.4. The fourth-order valence-corrected chi connectivity index (χ4v) is 3.89. The maximum absolute atomic E-state index is 12.7. The van der Waals surface area contributed by atoms with Crippen LogP contribution in [0, 0.1) is 11.3 Å². The highest BCUT2D eigenvalue weighted by Gasteiger charge is 2.26. The smallest absolute Gasteiger partial charge is 0.322 e. The second kappa shape index (κ2) is 7.53. The Morgan fingerprint density at radius 1 is 1.19 bits per heavy atom. The van der Waals surface area contributed by atoms with E-state index in [2.05, 4.69) is 9.71 Å². The molecule has 0 aliphatic rings. The monoisotopic (exact) mass is 381 g/mol. The molecule has 0 radical (unpaired) electrons. The van der Waals surface area contributed by atoms with Gasteiger partial charge in [-0.1, -0.05) is 18.2 Å². The van der Waals surface area contributed by atoms with Crippen molar-refractivity contribution in [3.8, 4) is 6.07 Å². The molecular formula is C19H15N3O4S. The van der Waals surface area contributed by atoms with Crippen LogP contribution in [0.2, 0.25) is 0 Å². The highest BCUT2D eigenvalue weighted by atomic mass is 32.2. The third kappa shape index (κ3) is 4.28. The number of carboxylic acids is 1. The maximum Gasteiger partial charge on any atom is 0.322 e. The van der Waals surface area contributed by atoms with Crippen molar-refractivity contribution in [2.75, 3.05) is 0 Å². The van der Waals surface area contributed by atoms with Crippen molar-refractivity contribution in [2.24, 2.45) is 0 Å². The average Bonchev–Trinajstić information content (AvgIpc) is 2.67. The molecule has 27 heavy (non-hydrogen) atoms. The molecule has 2 N–H and O–H groups in total. The summed E-state index contributed by atoms with van der Waals surface area (Å²) in [7, 11) is -4.06. The predicted molar refractivity (Wildman–Crippen MR) is 98.3 cm³/mol. The summed E-state index contributed by atoms with van der Waals surface area (Å²) < 4.78 is 27.5. The van der Waals surface area contributed by atoms with Crippen molar-refractivity contribution in [1.82, 2.24) is 9.71 Å². The Kier molecular flexibility index (Phi) is 5.16. The van der Waals surface area contributed by atoms with Gasteiger partial charge in [0, 0.05) is 17.8 Å². The number of nitrogens with zero attached hydrogens (tertiary/aromatic N) is 2. The van der Waals surface area contributed by atoms with Gasteiger partial charge in [-0.15, -0.1) is 0 Å². The number of carbonyl (C=O) groups is 1. The van der Waals surface area contributed by atoms with E-state index in [9.17, 15) is 18.3 Å². The number of aromatic nitrogens is 1.